The Kier molecular flexibility index (Phi) is 5.14. The van der Waals surface area contributed by atoms with E-state index in [1.54, 1.807) is 6.07 Å². The number of nitrogens with one attached hydrogen (secondary N) is 2. The van der Waals surface area contributed by atoms with Crippen molar-refractivity contribution in [2.75, 3.05) is 13.7 Å². The van der Waals surface area contributed by atoms with E-state index < -0.39 is 0 Å². The molecule has 1 aliphatic rings. The lowest BCUT2D eigenvalue weighted by Crippen LogP contribution is -2.27. The predicted molar refractivity (Wildman–Crippen MR) is 62.9 cm³/mol. The van der Waals surface area contributed by atoms with Gasteiger partial charge in [-0.2, -0.15) is 0 Å². The maximum atomic E-state index is 10.9. The number of aromatic hydroxyl groups is 1. The lowest BCUT2D eigenvalue weighted by Gasteiger charge is -2.13. The predicted octanol–water partition coefficient (Wildman–Crippen LogP) is -0.526. The number of hydrogen-bond donors (Lipinski definition) is 5. The number of aliphatic hydroxyl groups excluding tert-OH is 2. The molecule has 0 aromatic carbocycles. The van der Waals surface area contributed by atoms with E-state index in [9.17, 15) is 9.90 Å². The molecule has 6 nitrogen and oxygen atoms in total. The van der Waals surface area contributed by atoms with Gasteiger partial charge in [0, 0.05) is 30.8 Å². The number of aliphatic hydroxyl groups is 2. The Morgan fingerprint density at radius 1 is 1.35 bits per heavy atom. The first-order valence-corrected chi connectivity index (χ1v) is 5.44. The molecular weight excluding hydrogens is 224 g/mol. The third-order valence-corrected chi connectivity index (χ3v) is 2.77. The van der Waals surface area contributed by atoms with Crippen molar-refractivity contribution < 1.29 is 15.3 Å². The highest BCUT2D eigenvalue weighted by molar-refractivity contribution is 5.28. The van der Waals surface area contributed by atoms with E-state index in [-0.39, 0.29) is 30.1 Å². The van der Waals surface area contributed by atoms with Crippen molar-refractivity contribution in [1.29, 1.82) is 0 Å². The Morgan fingerprint density at radius 2 is 2.06 bits per heavy atom. The fourth-order valence-corrected chi connectivity index (χ4v) is 1.96. The van der Waals surface area contributed by atoms with E-state index in [2.05, 4.69) is 10.3 Å². The summed E-state index contributed by atoms with van der Waals surface area (Å²) in [5.41, 5.74) is 0.374. The quantitative estimate of drug-likeness (QED) is 0.479. The topological polar surface area (TPSA) is 106 Å². The van der Waals surface area contributed by atoms with Gasteiger partial charge >= 0.3 is 0 Å². The molecule has 0 bridgehead atoms. The molecule has 0 saturated carbocycles. The molecular formula is C11H18N2O4. The largest absolute Gasteiger partial charge is 0.494 e. The third kappa shape index (κ3) is 3.29. The number of rotatable bonds is 2. The highest BCUT2D eigenvalue weighted by Gasteiger charge is 2.26. The molecule has 1 fully saturated rings. The minimum atomic E-state index is -0.312. The number of aromatic amines is 1. The van der Waals surface area contributed by atoms with E-state index in [1.807, 2.05) is 0 Å². The van der Waals surface area contributed by atoms with Crippen LogP contribution in [0.2, 0.25) is 0 Å². The van der Waals surface area contributed by atoms with Crippen molar-refractivity contribution in [3.8, 4) is 5.88 Å². The van der Waals surface area contributed by atoms with E-state index in [0.29, 0.717) is 5.56 Å². The van der Waals surface area contributed by atoms with E-state index >= 15 is 0 Å². The highest BCUT2D eigenvalue weighted by Crippen LogP contribution is 2.29. The minimum absolute atomic E-state index is 0.0130. The normalized spacial score (nSPS) is 23.0. The second-order valence-corrected chi connectivity index (χ2v) is 3.80. The highest BCUT2D eigenvalue weighted by atomic mass is 16.3. The number of H-pyrrole nitrogens is 1. The van der Waals surface area contributed by atoms with Gasteiger partial charge in [0.2, 0.25) is 0 Å². The summed E-state index contributed by atoms with van der Waals surface area (Å²) in [6.07, 6.45) is 1.73. The summed E-state index contributed by atoms with van der Waals surface area (Å²) in [7, 11) is 1.00. The van der Waals surface area contributed by atoms with E-state index in [0.717, 1.165) is 20.0 Å². The fraction of sp³-hybridized carbons (Fsp3) is 0.545. The summed E-state index contributed by atoms with van der Waals surface area (Å²) in [4.78, 5) is 13.2. The van der Waals surface area contributed by atoms with Gasteiger partial charge in [-0.15, -0.1) is 0 Å². The SMILES string of the molecule is CO.O=c1ccc(C2CCC(CO)N2)c(O)[nH]1. The van der Waals surface area contributed by atoms with Crippen LogP contribution >= 0.6 is 0 Å². The van der Waals surface area contributed by atoms with Crippen molar-refractivity contribution in [3.63, 3.8) is 0 Å². The van der Waals surface area contributed by atoms with Gasteiger partial charge in [-0.1, -0.05) is 0 Å². The van der Waals surface area contributed by atoms with Gasteiger partial charge in [-0.25, -0.2) is 0 Å². The average molecular weight is 242 g/mol. The summed E-state index contributed by atoms with van der Waals surface area (Å²) >= 11 is 0. The van der Waals surface area contributed by atoms with Crippen LogP contribution in [0.1, 0.15) is 24.4 Å². The van der Waals surface area contributed by atoms with Crippen LogP contribution in [0, 0.1) is 0 Å². The van der Waals surface area contributed by atoms with Gasteiger partial charge in [-0.05, 0) is 18.9 Å². The van der Waals surface area contributed by atoms with Gasteiger partial charge < -0.3 is 20.6 Å². The lowest BCUT2D eigenvalue weighted by atomic mass is 10.1. The van der Waals surface area contributed by atoms with Gasteiger partial charge in [0.1, 0.15) is 0 Å². The fourth-order valence-electron chi connectivity index (χ4n) is 1.96. The summed E-state index contributed by atoms with van der Waals surface area (Å²) in [5, 5.41) is 28.7. The molecule has 1 aromatic rings. The molecule has 0 spiro atoms. The zero-order chi connectivity index (χ0) is 12.8. The molecule has 6 heteroatoms. The second-order valence-electron chi connectivity index (χ2n) is 3.80. The van der Waals surface area contributed by atoms with Crippen molar-refractivity contribution in [2.45, 2.75) is 24.9 Å². The van der Waals surface area contributed by atoms with Crippen LogP contribution in [0.4, 0.5) is 0 Å². The summed E-state index contributed by atoms with van der Waals surface area (Å²) in [6.45, 7) is 0.0978. The van der Waals surface area contributed by atoms with Crippen LogP contribution in [0.5, 0.6) is 5.88 Å². The van der Waals surface area contributed by atoms with Crippen LogP contribution in [0.3, 0.4) is 0 Å². The number of aromatic nitrogens is 1. The Labute approximate surface area is 98.9 Å². The standard InChI is InChI=1S/C10H14N2O3.CH4O/c13-5-6-1-3-8(11-6)7-2-4-9(14)12-10(7)15;1-2/h2,4,6,8,11,13H,1,3,5H2,(H2,12,14,15);2H,1H3. The first kappa shape index (κ1) is 13.7. The third-order valence-electron chi connectivity index (χ3n) is 2.77. The Balaban J connectivity index is 0.000000686. The maximum Gasteiger partial charge on any atom is 0.250 e. The van der Waals surface area contributed by atoms with Gasteiger partial charge in [-0.3, -0.25) is 9.78 Å². The Morgan fingerprint density at radius 3 is 2.59 bits per heavy atom. The van der Waals surface area contributed by atoms with E-state index in [4.69, 9.17) is 10.2 Å². The molecule has 1 aliphatic heterocycles. The molecule has 2 heterocycles. The molecule has 2 atom stereocenters. The molecule has 0 amide bonds. The Bertz CT molecular complexity index is 405. The molecule has 2 rings (SSSR count). The van der Waals surface area contributed by atoms with Crippen LogP contribution in [0.15, 0.2) is 16.9 Å². The second kappa shape index (κ2) is 6.39. The van der Waals surface area contributed by atoms with Crippen molar-refractivity contribution in [3.05, 3.63) is 28.0 Å². The molecule has 2 unspecified atom stereocenters. The van der Waals surface area contributed by atoms with Crippen LogP contribution in [-0.4, -0.2) is 40.1 Å². The van der Waals surface area contributed by atoms with Crippen molar-refractivity contribution >= 4 is 0 Å². The van der Waals surface area contributed by atoms with Crippen molar-refractivity contribution in [2.24, 2.45) is 0 Å². The molecule has 0 aliphatic carbocycles. The lowest BCUT2D eigenvalue weighted by molar-refractivity contribution is 0.251. The van der Waals surface area contributed by atoms with Gasteiger partial charge in [0.25, 0.3) is 5.56 Å². The van der Waals surface area contributed by atoms with Gasteiger partial charge in [0.15, 0.2) is 5.88 Å². The smallest absolute Gasteiger partial charge is 0.250 e. The van der Waals surface area contributed by atoms with Crippen molar-refractivity contribution in [1.82, 2.24) is 10.3 Å². The van der Waals surface area contributed by atoms with Crippen LogP contribution < -0.4 is 10.9 Å². The van der Waals surface area contributed by atoms with E-state index in [1.165, 1.54) is 6.07 Å². The number of hydrogen-bond acceptors (Lipinski definition) is 5. The maximum absolute atomic E-state index is 10.9. The Hall–Kier alpha value is -1.37. The van der Waals surface area contributed by atoms with Crippen LogP contribution in [0.25, 0.3) is 0 Å². The molecule has 5 N–H and O–H groups in total. The summed E-state index contributed by atoms with van der Waals surface area (Å²) in [5.74, 6) is -0.0846. The van der Waals surface area contributed by atoms with Crippen LogP contribution in [-0.2, 0) is 0 Å². The van der Waals surface area contributed by atoms with Gasteiger partial charge in [0.05, 0.1) is 6.61 Å². The number of pyridine rings is 1. The molecule has 96 valence electrons. The average Bonchev–Trinajstić information content (AvgIpc) is 2.80. The first-order valence-electron chi connectivity index (χ1n) is 5.44. The monoisotopic (exact) mass is 242 g/mol. The zero-order valence-electron chi connectivity index (χ0n) is 9.68. The summed E-state index contributed by atoms with van der Waals surface area (Å²) < 4.78 is 0. The summed E-state index contributed by atoms with van der Waals surface area (Å²) in [6, 6.07) is 3.11. The molecule has 17 heavy (non-hydrogen) atoms. The molecule has 0 radical (unpaired) electrons. The molecule has 1 aromatic heterocycles. The minimum Gasteiger partial charge on any atom is -0.494 e. The zero-order valence-corrected chi connectivity index (χ0v) is 9.68. The first-order chi connectivity index (χ1) is 8.20. The molecule has 1 saturated heterocycles.